The maximum atomic E-state index is 13.2. The molecule has 14 heavy (non-hydrogen) atoms. The van der Waals surface area contributed by atoms with Crippen molar-refractivity contribution in [3.8, 4) is 0 Å². The van der Waals surface area contributed by atoms with Crippen LogP contribution >= 0.6 is 11.6 Å². The van der Waals surface area contributed by atoms with E-state index < -0.39 is 0 Å². The summed E-state index contributed by atoms with van der Waals surface area (Å²) in [7, 11) is 0. The Kier molecular flexibility index (Phi) is 4.11. The highest BCUT2D eigenvalue weighted by Gasteiger charge is 2.01. The Morgan fingerprint density at radius 3 is 2.86 bits per heavy atom. The van der Waals surface area contributed by atoms with Crippen molar-refractivity contribution in [2.24, 2.45) is 0 Å². The van der Waals surface area contributed by atoms with Gasteiger partial charge in [-0.25, -0.2) is 4.39 Å². The maximum absolute atomic E-state index is 13.2. The number of hydrogen-bond acceptors (Lipinski definition) is 1. The summed E-state index contributed by atoms with van der Waals surface area (Å²) in [6.45, 7) is 6.86. The molecule has 3 heteroatoms. The molecule has 0 radical (unpaired) electrons. The van der Waals surface area contributed by atoms with Crippen molar-refractivity contribution in [3.05, 3.63) is 46.8 Å². The van der Waals surface area contributed by atoms with Crippen molar-refractivity contribution in [3.63, 3.8) is 0 Å². The molecule has 0 saturated carbocycles. The fourth-order valence-electron chi connectivity index (χ4n) is 1.08. The van der Waals surface area contributed by atoms with Crippen molar-refractivity contribution in [2.75, 3.05) is 6.54 Å². The highest BCUT2D eigenvalue weighted by atomic mass is 35.5. The number of hydrogen-bond donors (Lipinski definition) is 1. The van der Waals surface area contributed by atoms with Crippen LogP contribution in [0.4, 0.5) is 4.39 Å². The Labute approximate surface area is 88.6 Å². The lowest BCUT2D eigenvalue weighted by atomic mass is 10.2. The largest absolute Gasteiger partial charge is 0.309 e. The number of nitrogens with one attached hydrogen (secondary N) is 1. The van der Waals surface area contributed by atoms with Crippen LogP contribution in [0.2, 0.25) is 5.02 Å². The Morgan fingerprint density at radius 2 is 2.29 bits per heavy atom. The summed E-state index contributed by atoms with van der Waals surface area (Å²) in [6.07, 6.45) is 0. The fraction of sp³-hybridized carbons (Fsp3) is 0.273. The molecule has 1 nitrogen and oxygen atoms in total. The predicted octanol–water partition coefficient (Wildman–Crippen LogP) is 3.14. The van der Waals surface area contributed by atoms with Gasteiger partial charge < -0.3 is 5.32 Å². The molecule has 0 heterocycles. The smallest absolute Gasteiger partial charge is 0.129 e. The Balaban J connectivity index is 2.55. The van der Waals surface area contributed by atoms with E-state index in [-0.39, 0.29) is 5.82 Å². The van der Waals surface area contributed by atoms with Crippen LogP contribution in [0.5, 0.6) is 0 Å². The van der Waals surface area contributed by atoms with E-state index in [2.05, 4.69) is 11.9 Å². The fourth-order valence-corrected chi connectivity index (χ4v) is 1.23. The average Bonchev–Trinajstić information content (AvgIpc) is 2.08. The van der Waals surface area contributed by atoms with Gasteiger partial charge in [-0.3, -0.25) is 0 Å². The van der Waals surface area contributed by atoms with E-state index in [0.717, 1.165) is 5.57 Å². The van der Waals surface area contributed by atoms with Crippen molar-refractivity contribution in [2.45, 2.75) is 13.5 Å². The third kappa shape index (κ3) is 3.48. The van der Waals surface area contributed by atoms with Crippen LogP contribution in [0.1, 0.15) is 12.5 Å². The molecule has 0 aliphatic heterocycles. The first kappa shape index (κ1) is 11.2. The van der Waals surface area contributed by atoms with E-state index in [1.54, 1.807) is 12.1 Å². The molecule has 0 spiro atoms. The first-order valence-corrected chi connectivity index (χ1v) is 4.76. The zero-order valence-corrected chi connectivity index (χ0v) is 8.87. The molecule has 1 aromatic rings. The van der Waals surface area contributed by atoms with Crippen LogP contribution in [0.25, 0.3) is 0 Å². The standard InChI is InChI=1S/C11H13ClFN/c1-8(2)6-14-7-9-3-4-10(12)5-11(9)13/h3-5,14H,1,6-7H2,2H3. The molecule has 0 aliphatic rings. The van der Waals surface area contributed by atoms with Crippen LogP contribution in [-0.4, -0.2) is 6.54 Å². The van der Waals surface area contributed by atoms with Gasteiger partial charge in [-0.2, -0.15) is 0 Å². The predicted molar refractivity (Wildman–Crippen MR) is 57.9 cm³/mol. The lowest BCUT2D eigenvalue weighted by Gasteiger charge is -2.05. The van der Waals surface area contributed by atoms with Crippen molar-refractivity contribution in [1.29, 1.82) is 0 Å². The molecule has 1 N–H and O–H groups in total. The summed E-state index contributed by atoms with van der Waals surface area (Å²) in [4.78, 5) is 0. The molecule has 0 aromatic heterocycles. The van der Waals surface area contributed by atoms with E-state index in [9.17, 15) is 4.39 Å². The number of halogens is 2. The minimum Gasteiger partial charge on any atom is -0.309 e. The normalized spacial score (nSPS) is 10.2. The minimum atomic E-state index is -0.272. The van der Waals surface area contributed by atoms with Crippen LogP contribution < -0.4 is 5.32 Å². The first-order chi connectivity index (χ1) is 6.59. The summed E-state index contributed by atoms with van der Waals surface area (Å²) in [6, 6.07) is 4.69. The zero-order chi connectivity index (χ0) is 10.6. The molecule has 0 bridgehead atoms. The Bertz CT molecular complexity index is 336. The second-order valence-corrected chi connectivity index (χ2v) is 3.73. The van der Waals surface area contributed by atoms with Gasteiger partial charge in [0.15, 0.2) is 0 Å². The second kappa shape index (κ2) is 5.13. The number of rotatable bonds is 4. The summed E-state index contributed by atoms with van der Waals surface area (Å²) in [5.41, 5.74) is 1.65. The van der Waals surface area contributed by atoms with Gasteiger partial charge in [-0.1, -0.05) is 29.8 Å². The molecular weight excluding hydrogens is 201 g/mol. The zero-order valence-electron chi connectivity index (χ0n) is 8.11. The third-order valence-corrected chi connectivity index (χ3v) is 1.99. The molecule has 0 fully saturated rings. The monoisotopic (exact) mass is 213 g/mol. The van der Waals surface area contributed by atoms with Gasteiger partial charge in [0.25, 0.3) is 0 Å². The molecule has 1 rings (SSSR count). The van der Waals surface area contributed by atoms with Crippen molar-refractivity contribution >= 4 is 11.6 Å². The van der Waals surface area contributed by atoms with Crippen LogP contribution in [0.15, 0.2) is 30.4 Å². The Hall–Kier alpha value is -0.860. The lowest BCUT2D eigenvalue weighted by molar-refractivity contribution is 0.595. The molecule has 76 valence electrons. The summed E-state index contributed by atoms with van der Waals surface area (Å²) in [5.74, 6) is -0.272. The van der Waals surface area contributed by atoms with Gasteiger partial charge in [-0.15, -0.1) is 0 Å². The first-order valence-electron chi connectivity index (χ1n) is 4.38. The molecular formula is C11H13ClFN. The highest BCUT2D eigenvalue weighted by molar-refractivity contribution is 6.30. The molecule has 0 amide bonds. The highest BCUT2D eigenvalue weighted by Crippen LogP contribution is 2.14. The molecule has 0 unspecified atom stereocenters. The van der Waals surface area contributed by atoms with Gasteiger partial charge in [0, 0.05) is 23.7 Å². The maximum Gasteiger partial charge on any atom is 0.129 e. The van der Waals surface area contributed by atoms with Crippen molar-refractivity contribution < 1.29 is 4.39 Å². The molecule has 0 aliphatic carbocycles. The van der Waals surface area contributed by atoms with E-state index in [1.807, 2.05) is 6.92 Å². The topological polar surface area (TPSA) is 12.0 Å². The lowest BCUT2D eigenvalue weighted by Crippen LogP contribution is -2.15. The van der Waals surface area contributed by atoms with E-state index in [4.69, 9.17) is 11.6 Å². The SMILES string of the molecule is C=C(C)CNCc1ccc(Cl)cc1F. The quantitative estimate of drug-likeness (QED) is 0.758. The van der Waals surface area contributed by atoms with Gasteiger partial charge in [0.05, 0.1) is 0 Å². The van der Waals surface area contributed by atoms with Crippen molar-refractivity contribution in [1.82, 2.24) is 5.32 Å². The molecule has 0 saturated heterocycles. The van der Waals surface area contributed by atoms with Gasteiger partial charge in [-0.05, 0) is 19.1 Å². The number of benzene rings is 1. The molecule has 0 atom stereocenters. The second-order valence-electron chi connectivity index (χ2n) is 3.30. The van der Waals surface area contributed by atoms with E-state index in [1.165, 1.54) is 6.07 Å². The minimum absolute atomic E-state index is 0.272. The summed E-state index contributed by atoms with van der Waals surface area (Å²) in [5, 5.41) is 3.50. The molecule has 1 aromatic carbocycles. The van der Waals surface area contributed by atoms with Gasteiger partial charge in [0.2, 0.25) is 0 Å². The summed E-state index contributed by atoms with van der Waals surface area (Å²) >= 11 is 5.63. The van der Waals surface area contributed by atoms with Gasteiger partial charge in [0.1, 0.15) is 5.82 Å². The van der Waals surface area contributed by atoms with Crippen LogP contribution in [-0.2, 0) is 6.54 Å². The Morgan fingerprint density at radius 1 is 1.57 bits per heavy atom. The summed E-state index contributed by atoms with van der Waals surface area (Å²) < 4.78 is 13.2. The van der Waals surface area contributed by atoms with Crippen LogP contribution in [0, 0.1) is 5.82 Å². The van der Waals surface area contributed by atoms with Crippen LogP contribution in [0.3, 0.4) is 0 Å². The van der Waals surface area contributed by atoms with E-state index in [0.29, 0.717) is 23.7 Å². The van der Waals surface area contributed by atoms with Gasteiger partial charge >= 0.3 is 0 Å². The van der Waals surface area contributed by atoms with E-state index >= 15 is 0 Å². The third-order valence-electron chi connectivity index (χ3n) is 1.76. The average molecular weight is 214 g/mol.